The first-order valence-electron chi connectivity index (χ1n) is 7.02. The molecule has 6 nitrogen and oxygen atoms in total. The summed E-state index contributed by atoms with van der Waals surface area (Å²) < 4.78 is 0. The topological polar surface area (TPSA) is 87.9 Å². The van der Waals surface area contributed by atoms with Crippen LogP contribution in [-0.2, 0) is 0 Å². The Morgan fingerprint density at radius 3 is 3.15 bits per heavy atom. The fourth-order valence-corrected chi connectivity index (χ4v) is 2.88. The minimum absolute atomic E-state index is 0.00938. The predicted molar refractivity (Wildman–Crippen MR) is 76.2 cm³/mol. The van der Waals surface area contributed by atoms with Gasteiger partial charge >= 0.3 is 0 Å². The quantitative estimate of drug-likeness (QED) is 0.863. The Morgan fingerprint density at radius 1 is 1.50 bits per heavy atom. The molecule has 3 rings (SSSR count). The summed E-state index contributed by atoms with van der Waals surface area (Å²) in [5.41, 5.74) is 7.32. The Hall–Kier alpha value is -1.95. The summed E-state index contributed by atoms with van der Waals surface area (Å²) in [6.45, 7) is 2.74. The van der Waals surface area contributed by atoms with E-state index in [0.29, 0.717) is 11.2 Å². The monoisotopic (exact) mass is 273 g/mol. The maximum atomic E-state index is 12.7. The second-order valence-corrected chi connectivity index (χ2v) is 5.45. The molecule has 3 N–H and O–H groups in total. The van der Waals surface area contributed by atoms with Crippen molar-refractivity contribution in [3.8, 4) is 0 Å². The first-order valence-corrected chi connectivity index (χ1v) is 7.02. The van der Waals surface area contributed by atoms with Crippen LogP contribution >= 0.6 is 0 Å². The maximum Gasteiger partial charge on any atom is 0.255 e. The summed E-state index contributed by atoms with van der Waals surface area (Å²) >= 11 is 0. The van der Waals surface area contributed by atoms with Crippen LogP contribution in [0.25, 0.3) is 11.0 Å². The van der Waals surface area contributed by atoms with Gasteiger partial charge in [-0.15, -0.1) is 0 Å². The molecule has 0 saturated carbocycles. The molecule has 0 bridgehead atoms. The summed E-state index contributed by atoms with van der Waals surface area (Å²) in [7, 11) is 0. The lowest BCUT2D eigenvalue weighted by atomic mass is 9.96. The van der Waals surface area contributed by atoms with Crippen LogP contribution in [-0.4, -0.2) is 44.6 Å². The molecule has 3 heterocycles. The highest BCUT2D eigenvalue weighted by molar-refractivity contribution is 5.97. The number of nitrogens with zero attached hydrogens (tertiary/aromatic N) is 3. The molecule has 2 atom stereocenters. The Kier molecular flexibility index (Phi) is 3.40. The van der Waals surface area contributed by atoms with Gasteiger partial charge in [0.05, 0.1) is 11.8 Å². The number of aromatic amines is 1. The number of piperidine rings is 1. The number of pyridine rings is 1. The second-order valence-electron chi connectivity index (χ2n) is 5.45. The lowest BCUT2D eigenvalue weighted by molar-refractivity contribution is 0.0583. The molecule has 2 aromatic rings. The van der Waals surface area contributed by atoms with Gasteiger partial charge in [0, 0.05) is 30.2 Å². The second kappa shape index (κ2) is 5.20. The van der Waals surface area contributed by atoms with E-state index in [1.54, 1.807) is 12.4 Å². The fraction of sp³-hybridized carbons (Fsp3) is 0.500. The number of nitrogens with one attached hydrogen (secondary N) is 1. The molecule has 0 aliphatic carbocycles. The summed E-state index contributed by atoms with van der Waals surface area (Å²) in [4.78, 5) is 18.8. The van der Waals surface area contributed by atoms with Crippen LogP contribution in [0.2, 0.25) is 0 Å². The molecule has 1 aliphatic rings. The lowest BCUT2D eigenvalue weighted by Gasteiger charge is -2.38. The van der Waals surface area contributed by atoms with Gasteiger partial charge in [0.25, 0.3) is 5.91 Å². The first-order chi connectivity index (χ1) is 9.66. The molecular weight excluding hydrogens is 254 g/mol. The van der Waals surface area contributed by atoms with Crippen molar-refractivity contribution in [1.82, 2.24) is 20.1 Å². The van der Waals surface area contributed by atoms with E-state index in [4.69, 9.17) is 5.73 Å². The van der Waals surface area contributed by atoms with Gasteiger partial charge in [-0.3, -0.25) is 9.89 Å². The molecular formula is C14H19N5O. The number of fused-ring (bicyclic) bond motifs is 1. The normalized spacial score (nSPS) is 21.1. The van der Waals surface area contributed by atoms with E-state index in [-0.39, 0.29) is 18.0 Å². The molecule has 2 unspecified atom stereocenters. The van der Waals surface area contributed by atoms with Crippen LogP contribution in [0.5, 0.6) is 0 Å². The molecule has 20 heavy (non-hydrogen) atoms. The third-order valence-corrected chi connectivity index (χ3v) is 3.96. The molecule has 1 amide bonds. The Morgan fingerprint density at radius 2 is 2.35 bits per heavy atom. The van der Waals surface area contributed by atoms with Crippen LogP contribution in [0.1, 0.15) is 36.5 Å². The molecule has 1 fully saturated rings. The standard InChI is InChI=1S/C14H19N5O/c1-9(15)12-4-2-3-5-19(12)14(20)11-6-10-8-17-18-13(10)16-7-11/h6-9,12H,2-5,15H2,1H3,(H,16,17,18). The molecule has 1 aliphatic heterocycles. The zero-order valence-corrected chi connectivity index (χ0v) is 11.5. The molecule has 0 radical (unpaired) electrons. The average Bonchev–Trinajstić information content (AvgIpc) is 2.93. The zero-order valence-electron chi connectivity index (χ0n) is 11.5. The molecule has 0 spiro atoms. The number of hydrogen-bond acceptors (Lipinski definition) is 4. The van der Waals surface area contributed by atoms with E-state index in [0.717, 1.165) is 31.2 Å². The average molecular weight is 273 g/mol. The van der Waals surface area contributed by atoms with Crippen molar-refractivity contribution >= 4 is 16.9 Å². The number of H-pyrrole nitrogens is 1. The summed E-state index contributed by atoms with van der Waals surface area (Å²) in [5.74, 6) is 0.0163. The largest absolute Gasteiger partial charge is 0.334 e. The van der Waals surface area contributed by atoms with Gasteiger partial charge in [-0.05, 0) is 32.3 Å². The number of rotatable bonds is 2. The van der Waals surface area contributed by atoms with Gasteiger partial charge in [-0.2, -0.15) is 5.10 Å². The number of hydrogen-bond donors (Lipinski definition) is 2. The van der Waals surface area contributed by atoms with Gasteiger partial charge in [-0.1, -0.05) is 0 Å². The van der Waals surface area contributed by atoms with Crippen molar-refractivity contribution in [3.63, 3.8) is 0 Å². The molecule has 0 aromatic carbocycles. The highest BCUT2D eigenvalue weighted by Crippen LogP contribution is 2.22. The van der Waals surface area contributed by atoms with E-state index < -0.39 is 0 Å². The summed E-state index contributed by atoms with van der Waals surface area (Å²) in [6.07, 6.45) is 6.43. The molecule has 106 valence electrons. The summed E-state index contributed by atoms with van der Waals surface area (Å²) in [6, 6.07) is 1.95. The minimum Gasteiger partial charge on any atom is -0.334 e. The van der Waals surface area contributed by atoms with Crippen LogP contribution in [0, 0.1) is 0 Å². The van der Waals surface area contributed by atoms with Gasteiger partial charge in [0.2, 0.25) is 0 Å². The summed E-state index contributed by atoms with van der Waals surface area (Å²) in [5, 5.41) is 7.56. The fourth-order valence-electron chi connectivity index (χ4n) is 2.88. The first kappa shape index (κ1) is 13.1. The van der Waals surface area contributed by atoms with E-state index in [9.17, 15) is 4.79 Å². The van der Waals surface area contributed by atoms with Crippen LogP contribution in [0.3, 0.4) is 0 Å². The van der Waals surface area contributed by atoms with Crippen LogP contribution < -0.4 is 5.73 Å². The van der Waals surface area contributed by atoms with E-state index in [1.165, 1.54) is 0 Å². The van der Waals surface area contributed by atoms with Crippen LogP contribution in [0.4, 0.5) is 0 Å². The SMILES string of the molecule is CC(N)C1CCCCN1C(=O)c1cnc2[nH]ncc2c1. The molecule has 1 saturated heterocycles. The third-order valence-electron chi connectivity index (χ3n) is 3.96. The number of carbonyl (C=O) groups is 1. The number of nitrogens with two attached hydrogens (primary N) is 1. The number of aromatic nitrogens is 3. The Bertz CT molecular complexity index is 621. The van der Waals surface area contributed by atoms with Gasteiger partial charge < -0.3 is 10.6 Å². The van der Waals surface area contributed by atoms with E-state index in [2.05, 4.69) is 15.2 Å². The Balaban J connectivity index is 1.89. The van der Waals surface area contributed by atoms with Crippen molar-refractivity contribution in [2.24, 2.45) is 5.73 Å². The lowest BCUT2D eigenvalue weighted by Crippen LogP contribution is -2.51. The van der Waals surface area contributed by atoms with Crippen molar-refractivity contribution in [3.05, 3.63) is 24.0 Å². The zero-order chi connectivity index (χ0) is 14.1. The molecule has 6 heteroatoms. The van der Waals surface area contributed by atoms with Gasteiger partial charge in [0.15, 0.2) is 5.65 Å². The smallest absolute Gasteiger partial charge is 0.255 e. The van der Waals surface area contributed by atoms with Gasteiger partial charge in [-0.25, -0.2) is 4.98 Å². The third kappa shape index (κ3) is 2.27. The van der Waals surface area contributed by atoms with E-state index in [1.807, 2.05) is 17.9 Å². The van der Waals surface area contributed by atoms with Crippen LogP contribution in [0.15, 0.2) is 18.5 Å². The van der Waals surface area contributed by atoms with Crippen molar-refractivity contribution < 1.29 is 4.79 Å². The molecule has 2 aromatic heterocycles. The van der Waals surface area contributed by atoms with Crippen molar-refractivity contribution in [2.75, 3.05) is 6.54 Å². The maximum absolute atomic E-state index is 12.7. The Labute approximate surface area is 117 Å². The number of carbonyl (C=O) groups excluding carboxylic acids is 1. The highest BCUT2D eigenvalue weighted by atomic mass is 16.2. The number of likely N-dealkylation sites (tertiary alicyclic amines) is 1. The van der Waals surface area contributed by atoms with Crippen molar-refractivity contribution in [1.29, 1.82) is 0 Å². The van der Waals surface area contributed by atoms with Gasteiger partial charge in [0.1, 0.15) is 0 Å². The minimum atomic E-state index is -0.00938. The van der Waals surface area contributed by atoms with Crippen molar-refractivity contribution in [2.45, 2.75) is 38.3 Å². The predicted octanol–water partition coefficient (Wildman–Crippen LogP) is 1.30. The number of amides is 1. The van der Waals surface area contributed by atoms with E-state index >= 15 is 0 Å². The highest BCUT2D eigenvalue weighted by Gasteiger charge is 2.30.